The number of hydrogen-bond acceptors (Lipinski definition) is 3. The van der Waals surface area contributed by atoms with Gasteiger partial charge in [0, 0.05) is 16.7 Å². The average Bonchev–Trinajstić information content (AvgIpc) is 3.76. The van der Waals surface area contributed by atoms with Crippen molar-refractivity contribution in [3.8, 4) is 78.7 Å². The Bertz CT molecular complexity index is 3000. The lowest BCUT2D eigenvalue weighted by Gasteiger charge is -2.30. The highest BCUT2D eigenvalue weighted by Crippen LogP contribution is 2.63. The van der Waals surface area contributed by atoms with Gasteiger partial charge in [-0.2, -0.15) is 0 Å². The summed E-state index contributed by atoms with van der Waals surface area (Å²) in [6, 6.07) is 69.7. The zero-order valence-corrected chi connectivity index (χ0v) is 31.8. The van der Waals surface area contributed by atoms with Crippen molar-refractivity contribution in [1.82, 2.24) is 15.0 Å². The summed E-state index contributed by atoms with van der Waals surface area (Å²) < 4.78 is 0. The molecular formula is C55H37N3. The molecule has 58 heavy (non-hydrogen) atoms. The molecule has 11 rings (SSSR count). The Morgan fingerprint density at radius 3 is 1.52 bits per heavy atom. The van der Waals surface area contributed by atoms with E-state index in [4.69, 9.17) is 15.0 Å². The Morgan fingerprint density at radius 1 is 0.345 bits per heavy atom. The lowest BCUT2D eigenvalue weighted by atomic mass is 9.70. The van der Waals surface area contributed by atoms with E-state index in [1.807, 2.05) is 66.7 Å². The summed E-state index contributed by atoms with van der Waals surface area (Å²) in [5.41, 5.74) is 18.8. The largest absolute Gasteiger partial charge is 0.208 e. The lowest BCUT2D eigenvalue weighted by Crippen LogP contribution is -2.25. The Labute approximate surface area is 338 Å². The van der Waals surface area contributed by atoms with Crippen LogP contribution in [0.5, 0.6) is 0 Å². The smallest absolute Gasteiger partial charge is 0.164 e. The van der Waals surface area contributed by atoms with Crippen molar-refractivity contribution >= 4 is 0 Å². The topological polar surface area (TPSA) is 38.7 Å². The summed E-state index contributed by atoms with van der Waals surface area (Å²) in [7, 11) is 0. The fraction of sp³-hybridized carbons (Fsp3) is 0.0364. The minimum atomic E-state index is -0.420. The number of benzene rings is 8. The van der Waals surface area contributed by atoms with E-state index in [1.165, 1.54) is 55.6 Å². The molecule has 0 saturated carbocycles. The number of nitrogens with zero attached hydrogens (tertiary/aromatic N) is 3. The molecule has 0 saturated heterocycles. The van der Waals surface area contributed by atoms with Gasteiger partial charge < -0.3 is 0 Å². The van der Waals surface area contributed by atoms with Gasteiger partial charge in [0.05, 0.1) is 5.41 Å². The quantitative estimate of drug-likeness (QED) is 0.153. The van der Waals surface area contributed by atoms with Crippen LogP contribution >= 0.6 is 0 Å². The van der Waals surface area contributed by atoms with Gasteiger partial charge in [-0.1, -0.05) is 188 Å². The minimum absolute atomic E-state index is 0.420. The third-order valence-corrected chi connectivity index (χ3v) is 11.9. The Balaban J connectivity index is 1.06. The molecule has 9 aromatic rings. The summed E-state index contributed by atoms with van der Waals surface area (Å²) in [4.78, 5) is 15.1. The first kappa shape index (κ1) is 33.8. The van der Waals surface area contributed by atoms with Crippen LogP contribution in [-0.2, 0) is 11.8 Å². The number of rotatable bonds is 7. The van der Waals surface area contributed by atoms with Crippen LogP contribution in [0.1, 0.15) is 27.8 Å². The standard InChI is InChI=1S/C55H37N3/c1-2-16-36-29-32-50-47(33-36)44-25-12-14-28-49(44)55(50)48-27-13-11-24-43(48)45-31-30-40(35-51(45)55)39-21-15-22-41(34-39)42-23-9-10-26-46(42)54-57-52(37-17-5-3-6-18-37)56-53(58-54)38-19-7-4-8-20-38/h2-15,17-35H,1,16H2. The summed E-state index contributed by atoms with van der Waals surface area (Å²) in [5, 5.41) is 0. The molecule has 3 nitrogen and oxygen atoms in total. The van der Waals surface area contributed by atoms with Gasteiger partial charge in [-0.3, -0.25) is 0 Å². The van der Waals surface area contributed by atoms with Crippen LogP contribution in [0.3, 0.4) is 0 Å². The highest BCUT2D eigenvalue weighted by molar-refractivity contribution is 5.96. The molecule has 0 amide bonds. The van der Waals surface area contributed by atoms with Crippen molar-refractivity contribution in [2.24, 2.45) is 0 Å². The maximum absolute atomic E-state index is 5.09. The van der Waals surface area contributed by atoms with Crippen LogP contribution in [0, 0.1) is 0 Å². The van der Waals surface area contributed by atoms with Gasteiger partial charge >= 0.3 is 0 Å². The molecule has 1 atom stereocenters. The van der Waals surface area contributed by atoms with Gasteiger partial charge in [0.2, 0.25) is 0 Å². The zero-order valence-electron chi connectivity index (χ0n) is 31.8. The Hall–Kier alpha value is -7.49. The van der Waals surface area contributed by atoms with Gasteiger partial charge in [-0.25, -0.2) is 15.0 Å². The molecule has 1 aromatic heterocycles. The minimum Gasteiger partial charge on any atom is -0.208 e. The fourth-order valence-corrected chi connectivity index (χ4v) is 9.39. The van der Waals surface area contributed by atoms with Crippen LogP contribution < -0.4 is 0 Å². The maximum Gasteiger partial charge on any atom is 0.164 e. The third kappa shape index (κ3) is 5.24. The van der Waals surface area contributed by atoms with Crippen LogP contribution in [0.25, 0.3) is 78.7 Å². The monoisotopic (exact) mass is 739 g/mol. The van der Waals surface area contributed by atoms with E-state index in [0.29, 0.717) is 17.5 Å². The molecule has 0 N–H and O–H groups in total. The van der Waals surface area contributed by atoms with Gasteiger partial charge in [0.15, 0.2) is 17.5 Å². The molecule has 0 fully saturated rings. The number of aromatic nitrogens is 3. The van der Waals surface area contributed by atoms with E-state index in [9.17, 15) is 0 Å². The van der Waals surface area contributed by atoms with E-state index in [2.05, 4.69) is 140 Å². The van der Waals surface area contributed by atoms with Gasteiger partial charge in [-0.05, 0) is 90.9 Å². The average molecular weight is 740 g/mol. The highest BCUT2D eigenvalue weighted by atomic mass is 15.0. The van der Waals surface area contributed by atoms with Crippen molar-refractivity contribution in [3.05, 3.63) is 235 Å². The van der Waals surface area contributed by atoms with Crippen molar-refractivity contribution in [2.75, 3.05) is 0 Å². The van der Waals surface area contributed by atoms with Gasteiger partial charge in [0.25, 0.3) is 0 Å². The first-order chi connectivity index (χ1) is 28.7. The second kappa shape index (κ2) is 13.6. The second-order valence-corrected chi connectivity index (χ2v) is 15.1. The molecule has 2 aliphatic carbocycles. The van der Waals surface area contributed by atoms with Gasteiger partial charge in [0.1, 0.15) is 0 Å². The molecule has 2 aliphatic rings. The number of fused-ring (bicyclic) bond motifs is 10. The molecule has 3 heteroatoms. The Morgan fingerprint density at radius 2 is 0.845 bits per heavy atom. The van der Waals surface area contributed by atoms with Crippen LogP contribution in [0.15, 0.2) is 207 Å². The third-order valence-electron chi connectivity index (χ3n) is 11.9. The first-order valence-electron chi connectivity index (χ1n) is 19.9. The normalized spacial score (nSPS) is 14.4. The molecule has 0 bridgehead atoms. The van der Waals surface area contributed by atoms with Crippen LogP contribution in [-0.4, -0.2) is 15.0 Å². The molecule has 1 unspecified atom stereocenters. The molecule has 1 spiro atoms. The number of allylic oxidation sites excluding steroid dienone is 1. The van der Waals surface area contributed by atoms with E-state index >= 15 is 0 Å². The lowest BCUT2D eigenvalue weighted by molar-refractivity contribution is 0.793. The number of hydrogen-bond donors (Lipinski definition) is 0. The molecular weight excluding hydrogens is 703 g/mol. The summed E-state index contributed by atoms with van der Waals surface area (Å²) >= 11 is 0. The second-order valence-electron chi connectivity index (χ2n) is 15.1. The summed E-state index contributed by atoms with van der Waals surface area (Å²) in [6.07, 6.45) is 2.83. The molecule has 8 aromatic carbocycles. The molecule has 272 valence electrons. The predicted molar refractivity (Wildman–Crippen MR) is 237 cm³/mol. The summed E-state index contributed by atoms with van der Waals surface area (Å²) in [5.74, 6) is 1.93. The van der Waals surface area contributed by atoms with Crippen molar-refractivity contribution < 1.29 is 0 Å². The van der Waals surface area contributed by atoms with E-state index in [0.717, 1.165) is 39.8 Å². The van der Waals surface area contributed by atoms with E-state index in [1.54, 1.807) is 0 Å². The molecule has 0 radical (unpaired) electrons. The van der Waals surface area contributed by atoms with Crippen LogP contribution in [0.2, 0.25) is 0 Å². The summed E-state index contributed by atoms with van der Waals surface area (Å²) in [6.45, 7) is 4.03. The van der Waals surface area contributed by atoms with E-state index in [-0.39, 0.29) is 0 Å². The van der Waals surface area contributed by atoms with Crippen molar-refractivity contribution in [1.29, 1.82) is 0 Å². The molecule has 0 aliphatic heterocycles. The Kier molecular flexibility index (Phi) is 7.94. The fourth-order valence-electron chi connectivity index (χ4n) is 9.39. The predicted octanol–water partition coefficient (Wildman–Crippen LogP) is 13.3. The van der Waals surface area contributed by atoms with Gasteiger partial charge in [-0.15, -0.1) is 6.58 Å². The molecule has 1 heterocycles. The highest BCUT2D eigenvalue weighted by Gasteiger charge is 2.51. The van der Waals surface area contributed by atoms with Crippen molar-refractivity contribution in [3.63, 3.8) is 0 Å². The van der Waals surface area contributed by atoms with Crippen molar-refractivity contribution in [2.45, 2.75) is 11.8 Å². The maximum atomic E-state index is 5.09. The van der Waals surface area contributed by atoms with E-state index < -0.39 is 5.41 Å². The first-order valence-corrected chi connectivity index (χ1v) is 19.9. The zero-order chi connectivity index (χ0) is 38.6. The SMILES string of the molecule is C=CCc1ccc2c(c1)-c1ccccc1C21c2ccccc2-c2ccc(-c3cccc(-c4ccccc4-c4nc(-c5ccccc5)nc(-c5ccccc5)n4)c3)cc21. The van der Waals surface area contributed by atoms with Crippen LogP contribution in [0.4, 0.5) is 0 Å².